The Kier molecular flexibility index (Phi) is 4.57. The van der Waals surface area contributed by atoms with E-state index in [1.807, 2.05) is 6.26 Å². The Bertz CT molecular complexity index is 544. The Morgan fingerprint density at radius 3 is 2.65 bits per heavy atom. The highest BCUT2D eigenvalue weighted by atomic mass is 32.2. The first-order chi connectivity index (χ1) is 9.61. The number of nitro groups is 1. The van der Waals surface area contributed by atoms with E-state index >= 15 is 0 Å². The van der Waals surface area contributed by atoms with Crippen molar-refractivity contribution in [3.8, 4) is 0 Å². The highest BCUT2D eigenvalue weighted by Gasteiger charge is 2.23. The van der Waals surface area contributed by atoms with E-state index in [2.05, 4.69) is 15.8 Å². The maximum absolute atomic E-state index is 11.6. The number of hydrazine groups is 1. The monoisotopic (exact) mass is 294 g/mol. The molecule has 1 aromatic rings. The summed E-state index contributed by atoms with van der Waals surface area (Å²) >= 11 is 1.65. The summed E-state index contributed by atoms with van der Waals surface area (Å²) in [4.78, 5) is 26.1. The van der Waals surface area contributed by atoms with Crippen molar-refractivity contribution in [2.24, 2.45) is 4.99 Å². The minimum Gasteiger partial charge on any atom is -0.282 e. The zero-order chi connectivity index (χ0) is 14.5. The van der Waals surface area contributed by atoms with E-state index in [9.17, 15) is 14.9 Å². The molecule has 0 radical (unpaired) electrons. The summed E-state index contributed by atoms with van der Waals surface area (Å²) in [6.45, 7) is 0. The molecule has 0 spiro atoms. The van der Waals surface area contributed by atoms with Crippen LogP contribution in [-0.4, -0.2) is 34.7 Å². The molecule has 1 aliphatic rings. The van der Waals surface area contributed by atoms with E-state index in [0.29, 0.717) is 17.8 Å². The molecule has 0 aliphatic carbocycles. The highest BCUT2D eigenvalue weighted by molar-refractivity contribution is 7.98. The van der Waals surface area contributed by atoms with Crippen LogP contribution in [0.25, 0.3) is 0 Å². The molecule has 1 unspecified atom stereocenters. The van der Waals surface area contributed by atoms with Gasteiger partial charge in [-0.15, -0.1) is 0 Å². The standard InChI is InChI=1S/C12H14N4O3S/c1-20-7-6-10-12(17)15-14-11(13-10)8-2-4-9(5-3-8)16(18)19/h2-5,10H,6-7H2,1H3,(H,13,14)(H,15,17). The molecule has 7 nitrogen and oxygen atoms in total. The SMILES string of the molecule is CSCCC1N=C(c2ccc([N+](=O)[O-])cc2)NNC1=O. The maximum atomic E-state index is 11.6. The van der Waals surface area contributed by atoms with Gasteiger partial charge in [-0.25, -0.2) is 0 Å². The highest BCUT2D eigenvalue weighted by Crippen LogP contribution is 2.14. The first kappa shape index (κ1) is 14.3. The van der Waals surface area contributed by atoms with Gasteiger partial charge in [-0.1, -0.05) is 0 Å². The number of hydrogen-bond donors (Lipinski definition) is 2. The number of aliphatic imine (C=N–C) groups is 1. The largest absolute Gasteiger partial charge is 0.282 e. The number of carbonyl (C=O) groups is 1. The minimum atomic E-state index is -0.455. The zero-order valence-corrected chi connectivity index (χ0v) is 11.6. The van der Waals surface area contributed by atoms with Gasteiger partial charge in [0.1, 0.15) is 11.9 Å². The number of benzene rings is 1. The molecule has 1 amide bonds. The Hall–Kier alpha value is -2.09. The molecular weight excluding hydrogens is 280 g/mol. The third-order valence-corrected chi connectivity index (χ3v) is 3.48. The summed E-state index contributed by atoms with van der Waals surface area (Å²) in [6, 6.07) is 5.61. The van der Waals surface area contributed by atoms with Gasteiger partial charge in [0.05, 0.1) is 4.92 Å². The summed E-state index contributed by atoms with van der Waals surface area (Å²) in [6.07, 6.45) is 2.63. The van der Waals surface area contributed by atoms with Crippen molar-refractivity contribution in [1.29, 1.82) is 0 Å². The topological polar surface area (TPSA) is 96.6 Å². The number of hydrogen-bond acceptors (Lipinski definition) is 6. The number of amidine groups is 1. The third kappa shape index (κ3) is 3.27. The molecule has 0 saturated heterocycles. The van der Waals surface area contributed by atoms with Crippen molar-refractivity contribution >= 4 is 29.2 Å². The number of thioether (sulfide) groups is 1. The fraction of sp³-hybridized carbons (Fsp3) is 0.333. The summed E-state index contributed by atoms with van der Waals surface area (Å²) in [7, 11) is 0. The molecule has 0 bridgehead atoms. The molecule has 0 aromatic heterocycles. The van der Waals surface area contributed by atoms with Crippen LogP contribution in [-0.2, 0) is 4.79 Å². The quantitative estimate of drug-likeness (QED) is 0.626. The van der Waals surface area contributed by atoms with Gasteiger partial charge in [0.2, 0.25) is 0 Å². The van der Waals surface area contributed by atoms with E-state index in [0.717, 1.165) is 5.75 Å². The van der Waals surface area contributed by atoms with Crippen molar-refractivity contribution in [3.63, 3.8) is 0 Å². The smallest absolute Gasteiger partial charge is 0.269 e. The van der Waals surface area contributed by atoms with Crippen LogP contribution < -0.4 is 10.9 Å². The Morgan fingerprint density at radius 2 is 2.05 bits per heavy atom. The van der Waals surface area contributed by atoms with Gasteiger partial charge < -0.3 is 0 Å². The van der Waals surface area contributed by atoms with Gasteiger partial charge >= 0.3 is 0 Å². The fourth-order valence-electron chi connectivity index (χ4n) is 1.76. The molecule has 106 valence electrons. The number of carbonyl (C=O) groups excluding carboxylic acids is 1. The van der Waals surface area contributed by atoms with E-state index < -0.39 is 11.0 Å². The van der Waals surface area contributed by atoms with Crippen molar-refractivity contribution < 1.29 is 9.72 Å². The molecule has 1 aliphatic heterocycles. The number of nitrogens with one attached hydrogen (secondary N) is 2. The molecule has 2 rings (SSSR count). The first-order valence-electron chi connectivity index (χ1n) is 5.99. The Labute approximate surface area is 120 Å². The van der Waals surface area contributed by atoms with Crippen LogP contribution >= 0.6 is 11.8 Å². The van der Waals surface area contributed by atoms with Gasteiger partial charge in [0, 0.05) is 17.7 Å². The summed E-state index contributed by atoms with van der Waals surface area (Å²) in [5.74, 6) is 1.20. The molecular formula is C12H14N4O3S. The molecule has 0 saturated carbocycles. The minimum absolute atomic E-state index is 0.0214. The van der Waals surface area contributed by atoms with Crippen molar-refractivity contribution in [3.05, 3.63) is 39.9 Å². The van der Waals surface area contributed by atoms with Crippen LogP contribution in [0.15, 0.2) is 29.3 Å². The lowest BCUT2D eigenvalue weighted by Crippen LogP contribution is -2.51. The van der Waals surface area contributed by atoms with E-state index in [4.69, 9.17) is 0 Å². The van der Waals surface area contributed by atoms with E-state index in [1.165, 1.54) is 12.1 Å². The van der Waals surface area contributed by atoms with E-state index in [1.54, 1.807) is 23.9 Å². The first-order valence-corrected chi connectivity index (χ1v) is 7.38. The van der Waals surface area contributed by atoms with Crippen molar-refractivity contribution in [1.82, 2.24) is 10.9 Å². The summed E-state index contributed by atoms with van der Waals surface area (Å²) < 4.78 is 0. The lowest BCUT2D eigenvalue weighted by Gasteiger charge is -2.22. The fourth-order valence-corrected chi connectivity index (χ4v) is 2.22. The normalized spacial score (nSPS) is 17.9. The summed E-state index contributed by atoms with van der Waals surface area (Å²) in [5, 5.41) is 10.6. The number of nitro benzene ring substituents is 1. The molecule has 1 heterocycles. The molecule has 20 heavy (non-hydrogen) atoms. The second-order valence-electron chi connectivity index (χ2n) is 4.19. The zero-order valence-electron chi connectivity index (χ0n) is 10.8. The number of rotatable bonds is 5. The third-order valence-electron chi connectivity index (χ3n) is 2.84. The Morgan fingerprint density at radius 1 is 1.35 bits per heavy atom. The molecule has 1 aromatic carbocycles. The van der Waals surface area contributed by atoms with Gasteiger partial charge in [0.25, 0.3) is 11.6 Å². The lowest BCUT2D eigenvalue weighted by atomic mass is 10.1. The van der Waals surface area contributed by atoms with Gasteiger partial charge in [0.15, 0.2) is 0 Å². The predicted molar refractivity (Wildman–Crippen MR) is 77.7 cm³/mol. The summed E-state index contributed by atoms with van der Waals surface area (Å²) in [5.41, 5.74) is 6.00. The second kappa shape index (κ2) is 6.38. The van der Waals surface area contributed by atoms with Gasteiger partial charge in [-0.05, 0) is 30.6 Å². The van der Waals surface area contributed by atoms with Crippen LogP contribution in [0, 0.1) is 10.1 Å². The van der Waals surface area contributed by atoms with Crippen LogP contribution in [0.5, 0.6) is 0 Å². The molecule has 2 N–H and O–H groups in total. The van der Waals surface area contributed by atoms with Gasteiger partial charge in [-0.2, -0.15) is 11.8 Å². The van der Waals surface area contributed by atoms with E-state index in [-0.39, 0.29) is 11.6 Å². The molecule has 8 heteroatoms. The average molecular weight is 294 g/mol. The average Bonchev–Trinajstić information content (AvgIpc) is 2.46. The van der Waals surface area contributed by atoms with Crippen molar-refractivity contribution in [2.75, 3.05) is 12.0 Å². The van der Waals surface area contributed by atoms with Crippen LogP contribution in [0.3, 0.4) is 0 Å². The van der Waals surface area contributed by atoms with Crippen LogP contribution in [0.2, 0.25) is 0 Å². The van der Waals surface area contributed by atoms with Crippen LogP contribution in [0.1, 0.15) is 12.0 Å². The van der Waals surface area contributed by atoms with Crippen molar-refractivity contribution in [2.45, 2.75) is 12.5 Å². The maximum Gasteiger partial charge on any atom is 0.269 e. The second-order valence-corrected chi connectivity index (χ2v) is 5.18. The Balaban J connectivity index is 2.18. The predicted octanol–water partition coefficient (Wildman–Crippen LogP) is 1.10. The van der Waals surface area contributed by atoms with Gasteiger partial charge in [-0.3, -0.25) is 30.8 Å². The molecule has 0 fully saturated rings. The number of non-ortho nitro benzene ring substituents is 1. The molecule has 1 atom stereocenters. The van der Waals surface area contributed by atoms with Crippen LogP contribution in [0.4, 0.5) is 5.69 Å². The number of amides is 1. The lowest BCUT2D eigenvalue weighted by molar-refractivity contribution is -0.384. The number of nitrogens with zero attached hydrogens (tertiary/aromatic N) is 2.